The number of unbranched alkanes of at least 4 members (excludes halogenated alkanes) is 1. The van der Waals surface area contributed by atoms with Crippen molar-refractivity contribution < 1.29 is 19.2 Å². The number of hydrogen-bond acceptors (Lipinski definition) is 4. The van der Waals surface area contributed by atoms with Gasteiger partial charge in [0.2, 0.25) is 0 Å². The van der Waals surface area contributed by atoms with Crippen LogP contribution in [-0.2, 0) is 19.2 Å². The van der Waals surface area contributed by atoms with Gasteiger partial charge in [-0.05, 0) is 12.8 Å². The summed E-state index contributed by atoms with van der Waals surface area (Å²) in [5, 5.41) is 0. The first-order valence-corrected chi connectivity index (χ1v) is 5.58. The van der Waals surface area contributed by atoms with Crippen LogP contribution in [0.25, 0.3) is 0 Å². The minimum absolute atomic E-state index is 0.0577. The maximum absolute atomic E-state index is 11.3. The summed E-state index contributed by atoms with van der Waals surface area (Å²) in [6, 6.07) is 0. The van der Waals surface area contributed by atoms with Crippen LogP contribution in [0.5, 0.6) is 0 Å². The maximum Gasteiger partial charge on any atom is 0.198 e. The second-order valence-electron chi connectivity index (χ2n) is 3.78. The summed E-state index contributed by atoms with van der Waals surface area (Å²) in [5.74, 6) is -1.76. The minimum atomic E-state index is -0.496. The summed E-state index contributed by atoms with van der Waals surface area (Å²) >= 11 is 0. The molecule has 0 N–H and O–H groups in total. The average molecular weight is 226 g/mol. The summed E-state index contributed by atoms with van der Waals surface area (Å²) in [4.78, 5) is 44.0. The maximum atomic E-state index is 11.3. The third-order valence-corrected chi connectivity index (χ3v) is 2.27. The largest absolute Gasteiger partial charge is 0.291 e. The van der Waals surface area contributed by atoms with Crippen LogP contribution in [0.2, 0.25) is 0 Å². The Morgan fingerprint density at radius 2 is 1.19 bits per heavy atom. The Morgan fingerprint density at radius 1 is 0.750 bits per heavy atom. The van der Waals surface area contributed by atoms with E-state index in [0.29, 0.717) is 0 Å². The number of hydrogen-bond donors (Lipinski definition) is 0. The van der Waals surface area contributed by atoms with E-state index in [1.807, 2.05) is 6.92 Å². The molecule has 0 fully saturated rings. The molecule has 0 amide bonds. The molecule has 0 unspecified atom stereocenters. The second kappa shape index (κ2) is 7.91. The summed E-state index contributed by atoms with van der Waals surface area (Å²) in [7, 11) is 0. The van der Waals surface area contributed by atoms with Crippen molar-refractivity contribution in [1.29, 1.82) is 0 Å². The topological polar surface area (TPSA) is 68.3 Å². The molecule has 0 spiro atoms. The van der Waals surface area contributed by atoms with Crippen molar-refractivity contribution in [2.45, 2.75) is 52.4 Å². The lowest BCUT2D eigenvalue weighted by molar-refractivity contribution is -0.137. The Morgan fingerprint density at radius 3 is 1.62 bits per heavy atom. The molecule has 0 aliphatic rings. The van der Waals surface area contributed by atoms with Crippen molar-refractivity contribution in [2.24, 2.45) is 0 Å². The van der Waals surface area contributed by atoms with Crippen molar-refractivity contribution >= 4 is 23.1 Å². The van der Waals surface area contributed by atoms with Crippen LogP contribution in [0.1, 0.15) is 52.4 Å². The van der Waals surface area contributed by atoms with Crippen LogP contribution >= 0.6 is 0 Å². The molecule has 0 bridgehead atoms. The molecule has 0 aromatic rings. The number of carbonyl (C=O) groups is 4. The molecule has 0 saturated carbocycles. The molecule has 0 aliphatic carbocycles. The zero-order valence-corrected chi connectivity index (χ0v) is 9.88. The third kappa shape index (κ3) is 6.22. The Bertz CT molecular complexity index is 291. The van der Waals surface area contributed by atoms with Crippen LogP contribution in [0, 0.1) is 0 Å². The number of rotatable bonds is 9. The van der Waals surface area contributed by atoms with Crippen molar-refractivity contribution in [2.75, 3.05) is 0 Å². The molecule has 0 aromatic carbocycles. The van der Waals surface area contributed by atoms with Crippen LogP contribution < -0.4 is 0 Å². The highest BCUT2D eigenvalue weighted by Gasteiger charge is 2.14. The van der Waals surface area contributed by atoms with Crippen molar-refractivity contribution in [3.8, 4) is 0 Å². The molecule has 90 valence electrons. The monoisotopic (exact) mass is 226 g/mol. The van der Waals surface area contributed by atoms with Gasteiger partial charge in [-0.3, -0.25) is 19.2 Å². The molecule has 0 radical (unpaired) electrons. The van der Waals surface area contributed by atoms with Gasteiger partial charge in [0, 0.05) is 26.2 Å². The fraction of sp³-hybridized carbons (Fsp3) is 0.667. The molecular formula is C12H18O4. The van der Waals surface area contributed by atoms with Gasteiger partial charge in [-0.2, -0.15) is 0 Å². The molecule has 0 rings (SSSR count). The van der Waals surface area contributed by atoms with Gasteiger partial charge in [0.15, 0.2) is 23.1 Å². The Labute approximate surface area is 95.4 Å². The van der Waals surface area contributed by atoms with Gasteiger partial charge in [-0.25, -0.2) is 0 Å². The quantitative estimate of drug-likeness (QED) is 0.560. The summed E-state index contributed by atoms with van der Waals surface area (Å²) < 4.78 is 0. The molecule has 4 nitrogen and oxygen atoms in total. The smallest absolute Gasteiger partial charge is 0.198 e. The van der Waals surface area contributed by atoms with Crippen LogP contribution in [0.4, 0.5) is 0 Å². The number of ketones is 4. The Hall–Kier alpha value is -1.32. The normalized spacial score (nSPS) is 9.88. The standard InChI is InChI=1S/C12H18O4/c1-3-4-6-11(15)12(16)8-5-7-10(14)9(2)13/h3-8H2,1-2H3. The van der Waals surface area contributed by atoms with Gasteiger partial charge in [-0.15, -0.1) is 0 Å². The highest BCUT2D eigenvalue weighted by Crippen LogP contribution is 2.03. The average Bonchev–Trinajstić information content (AvgIpc) is 2.25. The lowest BCUT2D eigenvalue weighted by atomic mass is 10.0. The number of Topliss-reactive ketones (excluding diaryl/α,β-unsaturated/α-hetero) is 4. The predicted molar refractivity (Wildman–Crippen MR) is 59.1 cm³/mol. The predicted octanol–water partition coefficient (Wildman–Crippen LogP) is 1.64. The summed E-state index contributed by atoms with van der Waals surface area (Å²) in [6.07, 6.45) is 2.30. The van der Waals surface area contributed by atoms with E-state index in [9.17, 15) is 19.2 Å². The van der Waals surface area contributed by atoms with Crippen molar-refractivity contribution in [3.05, 3.63) is 0 Å². The Kier molecular flexibility index (Phi) is 7.25. The molecule has 0 aliphatic heterocycles. The molecule has 4 heteroatoms. The summed E-state index contributed by atoms with van der Waals surface area (Å²) in [5.41, 5.74) is 0. The SMILES string of the molecule is CCCCC(=O)C(=O)CCCC(=O)C(C)=O. The van der Waals surface area contributed by atoms with E-state index in [1.165, 1.54) is 6.92 Å². The van der Waals surface area contributed by atoms with Gasteiger partial charge in [0.25, 0.3) is 0 Å². The van der Waals surface area contributed by atoms with Gasteiger partial charge < -0.3 is 0 Å². The molecule has 16 heavy (non-hydrogen) atoms. The van der Waals surface area contributed by atoms with Crippen LogP contribution in [0.3, 0.4) is 0 Å². The fourth-order valence-electron chi connectivity index (χ4n) is 1.20. The molecule has 0 saturated heterocycles. The van der Waals surface area contributed by atoms with E-state index in [2.05, 4.69) is 0 Å². The first-order chi connectivity index (χ1) is 7.49. The fourth-order valence-corrected chi connectivity index (χ4v) is 1.20. The molecule has 0 heterocycles. The molecule has 0 atom stereocenters. The van der Waals surface area contributed by atoms with Gasteiger partial charge >= 0.3 is 0 Å². The van der Waals surface area contributed by atoms with Crippen LogP contribution in [0.15, 0.2) is 0 Å². The molecule has 0 aromatic heterocycles. The van der Waals surface area contributed by atoms with E-state index >= 15 is 0 Å². The second-order valence-corrected chi connectivity index (χ2v) is 3.78. The zero-order chi connectivity index (χ0) is 12.6. The van der Waals surface area contributed by atoms with E-state index in [1.54, 1.807) is 0 Å². The zero-order valence-electron chi connectivity index (χ0n) is 9.88. The minimum Gasteiger partial charge on any atom is -0.291 e. The Balaban J connectivity index is 3.77. The van der Waals surface area contributed by atoms with E-state index in [-0.39, 0.29) is 31.5 Å². The highest BCUT2D eigenvalue weighted by atomic mass is 16.2. The summed E-state index contributed by atoms with van der Waals surface area (Å²) in [6.45, 7) is 3.15. The lowest BCUT2D eigenvalue weighted by Gasteiger charge is -1.99. The van der Waals surface area contributed by atoms with Crippen molar-refractivity contribution in [3.63, 3.8) is 0 Å². The third-order valence-electron chi connectivity index (χ3n) is 2.27. The van der Waals surface area contributed by atoms with E-state index in [0.717, 1.165) is 12.8 Å². The van der Waals surface area contributed by atoms with E-state index in [4.69, 9.17) is 0 Å². The van der Waals surface area contributed by atoms with Gasteiger partial charge in [-0.1, -0.05) is 13.3 Å². The highest BCUT2D eigenvalue weighted by molar-refractivity contribution is 6.38. The first-order valence-electron chi connectivity index (χ1n) is 5.58. The number of carbonyl (C=O) groups excluding carboxylic acids is 4. The van der Waals surface area contributed by atoms with Gasteiger partial charge in [0.1, 0.15) is 0 Å². The molecular weight excluding hydrogens is 208 g/mol. The van der Waals surface area contributed by atoms with Gasteiger partial charge in [0.05, 0.1) is 0 Å². The van der Waals surface area contributed by atoms with Crippen LogP contribution in [-0.4, -0.2) is 23.1 Å². The van der Waals surface area contributed by atoms with E-state index < -0.39 is 17.3 Å². The first kappa shape index (κ1) is 14.7. The lowest BCUT2D eigenvalue weighted by Crippen LogP contribution is -2.15. The van der Waals surface area contributed by atoms with Crippen molar-refractivity contribution in [1.82, 2.24) is 0 Å².